The lowest BCUT2D eigenvalue weighted by molar-refractivity contribution is -0.143. The second-order valence-corrected chi connectivity index (χ2v) is 6.90. The van der Waals surface area contributed by atoms with Crippen LogP contribution in [0.15, 0.2) is 23.2 Å². The predicted octanol–water partition coefficient (Wildman–Crippen LogP) is 3.38. The Morgan fingerprint density at radius 2 is 2.10 bits per heavy atom. The number of alkyl halides is 5. The molecule has 11 heteroatoms. The molecule has 1 saturated heterocycles. The molecule has 30 heavy (non-hydrogen) atoms. The van der Waals surface area contributed by atoms with E-state index in [1.165, 1.54) is 18.0 Å². The third kappa shape index (κ3) is 8.21. The summed E-state index contributed by atoms with van der Waals surface area (Å²) in [5, 5.41) is 6.05. The standard InChI is InChI=1S/C19H27F5N4O2/c1-3-8-29-15-5-4-13(16(9-15)30-17(20)21)10-26-18(25-2)27-14-6-7-28(11-14)12-19(22,23)24/h4-5,9,14,17H,3,6-8,10-12H2,1-2H3,(H2,25,26,27). The Labute approximate surface area is 172 Å². The van der Waals surface area contributed by atoms with E-state index in [9.17, 15) is 22.0 Å². The Balaban J connectivity index is 1.94. The van der Waals surface area contributed by atoms with Gasteiger partial charge in [-0.1, -0.05) is 6.92 Å². The summed E-state index contributed by atoms with van der Waals surface area (Å²) in [4.78, 5) is 5.38. The maximum Gasteiger partial charge on any atom is 0.401 e. The third-order valence-corrected chi connectivity index (χ3v) is 4.41. The van der Waals surface area contributed by atoms with Crippen LogP contribution in [0.1, 0.15) is 25.3 Å². The fourth-order valence-corrected chi connectivity index (χ4v) is 3.11. The largest absolute Gasteiger partial charge is 0.493 e. The molecule has 1 aromatic carbocycles. The molecule has 1 atom stereocenters. The lowest BCUT2D eigenvalue weighted by Gasteiger charge is -2.20. The molecule has 0 saturated carbocycles. The van der Waals surface area contributed by atoms with Crippen molar-refractivity contribution in [1.29, 1.82) is 0 Å². The molecule has 0 bridgehead atoms. The maximum atomic E-state index is 12.8. The van der Waals surface area contributed by atoms with Gasteiger partial charge in [-0.3, -0.25) is 9.89 Å². The maximum absolute atomic E-state index is 12.8. The van der Waals surface area contributed by atoms with E-state index in [2.05, 4.69) is 20.4 Å². The molecule has 1 fully saturated rings. The number of hydrogen-bond donors (Lipinski definition) is 2. The number of guanidine groups is 1. The highest BCUT2D eigenvalue weighted by atomic mass is 19.4. The Morgan fingerprint density at radius 3 is 2.73 bits per heavy atom. The molecule has 1 aromatic rings. The van der Waals surface area contributed by atoms with E-state index in [0.717, 1.165) is 6.42 Å². The first-order valence-electron chi connectivity index (χ1n) is 9.67. The van der Waals surface area contributed by atoms with Crippen LogP contribution in [0.2, 0.25) is 0 Å². The van der Waals surface area contributed by atoms with Crippen molar-refractivity contribution in [3.63, 3.8) is 0 Å². The minimum absolute atomic E-state index is 0.0150. The first-order chi connectivity index (χ1) is 14.2. The number of halogens is 5. The molecular formula is C19H27F5N4O2. The second kappa shape index (κ2) is 11.2. The summed E-state index contributed by atoms with van der Waals surface area (Å²) in [5.41, 5.74) is 0.465. The molecule has 6 nitrogen and oxygen atoms in total. The van der Waals surface area contributed by atoms with Crippen molar-refractivity contribution >= 4 is 5.96 Å². The number of nitrogens with one attached hydrogen (secondary N) is 2. The van der Waals surface area contributed by atoms with E-state index >= 15 is 0 Å². The van der Waals surface area contributed by atoms with Gasteiger partial charge >= 0.3 is 12.8 Å². The summed E-state index contributed by atoms with van der Waals surface area (Å²) < 4.78 is 73.2. The SMILES string of the molecule is CCCOc1ccc(CNC(=NC)NC2CCN(CC(F)(F)F)C2)c(OC(F)F)c1. The number of nitrogens with zero attached hydrogens (tertiary/aromatic N) is 2. The topological polar surface area (TPSA) is 58.1 Å². The Hall–Kier alpha value is -2.30. The summed E-state index contributed by atoms with van der Waals surface area (Å²) >= 11 is 0. The van der Waals surface area contributed by atoms with Gasteiger partial charge in [0, 0.05) is 44.4 Å². The van der Waals surface area contributed by atoms with Crippen molar-refractivity contribution < 1.29 is 31.4 Å². The number of likely N-dealkylation sites (tertiary alicyclic amines) is 1. The number of benzene rings is 1. The van der Waals surface area contributed by atoms with Gasteiger partial charge in [0.1, 0.15) is 11.5 Å². The van der Waals surface area contributed by atoms with Gasteiger partial charge in [-0.2, -0.15) is 22.0 Å². The molecule has 0 aliphatic carbocycles. The fraction of sp³-hybridized carbons (Fsp3) is 0.632. The van der Waals surface area contributed by atoms with Crippen LogP contribution >= 0.6 is 0 Å². The average Bonchev–Trinajstić information content (AvgIpc) is 3.08. The van der Waals surface area contributed by atoms with Crippen molar-refractivity contribution in [2.75, 3.05) is 33.3 Å². The summed E-state index contributed by atoms with van der Waals surface area (Å²) in [6.07, 6.45) is -2.92. The molecule has 0 amide bonds. The molecule has 2 N–H and O–H groups in total. The lowest BCUT2D eigenvalue weighted by atomic mass is 10.2. The van der Waals surface area contributed by atoms with Crippen LogP contribution < -0.4 is 20.1 Å². The zero-order valence-corrected chi connectivity index (χ0v) is 16.9. The highest BCUT2D eigenvalue weighted by Crippen LogP contribution is 2.27. The number of hydrogen-bond acceptors (Lipinski definition) is 4. The van der Waals surface area contributed by atoms with Crippen LogP contribution in [0.5, 0.6) is 11.5 Å². The van der Waals surface area contributed by atoms with Crippen molar-refractivity contribution in [2.24, 2.45) is 4.99 Å². The lowest BCUT2D eigenvalue weighted by Crippen LogP contribution is -2.44. The Kier molecular flexibility index (Phi) is 8.94. The van der Waals surface area contributed by atoms with Crippen LogP contribution in [-0.2, 0) is 6.54 Å². The molecular weight excluding hydrogens is 411 g/mol. The minimum Gasteiger partial charge on any atom is -0.493 e. The molecule has 1 aliphatic rings. The van der Waals surface area contributed by atoms with Gasteiger partial charge in [-0.25, -0.2) is 0 Å². The van der Waals surface area contributed by atoms with Gasteiger partial charge in [0.15, 0.2) is 5.96 Å². The molecule has 170 valence electrons. The summed E-state index contributed by atoms with van der Waals surface area (Å²) in [6, 6.07) is 4.48. The normalized spacial score (nSPS) is 18.0. The highest BCUT2D eigenvalue weighted by molar-refractivity contribution is 5.80. The number of rotatable bonds is 9. The molecule has 0 aromatic heterocycles. The monoisotopic (exact) mass is 438 g/mol. The van der Waals surface area contributed by atoms with Gasteiger partial charge in [-0.05, 0) is 25.0 Å². The van der Waals surface area contributed by atoms with E-state index < -0.39 is 19.3 Å². The van der Waals surface area contributed by atoms with E-state index in [-0.39, 0.29) is 24.9 Å². The van der Waals surface area contributed by atoms with Gasteiger partial charge in [-0.15, -0.1) is 0 Å². The average molecular weight is 438 g/mol. The quantitative estimate of drug-likeness (QED) is 0.352. The first kappa shape index (κ1) is 24.0. The van der Waals surface area contributed by atoms with Gasteiger partial charge < -0.3 is 20.1 Å². The van der Waals surface area contributed by atoms with Gasteiger partial charge in [0.25, 0.3) is 0 Å². The Bertz CT molecular complexity index is 700. The molecule has 1 unspecified atom stereocenters. The highest BCUT2D eigenvalue weighted by Gasteiger charge is 2.34. The van der Waals surface area contributed by atoms with E-state index in [4.69, 9.17) is 4.74 Å². The fourth-order valence-electron chi connectivity index (χ4n) is 3.11. The molecule has 1 aliphatic heterocycles. The predicted molar refractivity (Wildman–Crippen MR) is 103 cm³/mol. The summed E-state index contributed by atoms with van der Waals surface area (Å²) in [7, 11) is 1.52. The van der Waals surface area contributed by atoms with Crippen molar-refractivity contribution in [2.45, 2.75) is 45.1 Å². The van der Waals surface area contributed by atoms with Crippen LogP contribution in [0.4, 0.5) is 22.0 Å². The van der Waals surface area contributed by atoms with Crippen molar-refractivity contribution in [3.05, 3.63) is 23.8 Å². The molecule has 1 heterocycles. The molecule has 0 radical (unpaired) electrons. The molecule has 0 spiro atoms. The van der Waals surface area contributed by atoms with Crippen LogP contribution in [0, 0.1) is 0 Å². The minimum atomic E-state index is -4.23. The second-order valence-electron chi connectivity index (χ2n) is 6.90. The zero-order chi connectivity index (χ0) is 22.1. The van der Waals surface area contributed by atoms with Crippen LogP contribution in [0.25, 0.3) is 0 Å². The van der Waals surface area contributed by atoms with Crippen molar-refractivity contribution in [1.82, 2.24) is 15.5 Å². The zero-order valence-electron chi connectivity index (χ0n) is 16.9. The third-order valence-electron chi connectivity index (χ3n) is 4.41. The smallest absolute Gasteiger partial charge is 0.401 e. The molecule has 2 rings (SSSR count). The van der Waals surface area contributed by atoms with E-state index in [1.54, 1.807) is 12.1 Å². The van der Waals surface area contributed by atoms with Gasteiger partial charge in [0.05, 0.1) is 13.2 Å². The van der Waals surface area contributed by atoms with E-state index in [0.29, 0.717) is 36.8 Å². The summed E-state index contributed by atoms with van der Waals surface area (Å²) in [5.74, 6) is 0.774. The van der Waals surface area contributed by atoms with Gasteiger partial charge in [0.2, 0.25) is 0 Å². The van der Waals surface area contributed by atoms with E-state index in [1.807, 2.05) is 6.92 Å². The first-order valence-corrected chi connectivity index (χ1v) is 9.67. The van der Waals surface area contributed by atoms with Crippen molar-refractivity contribution in [3.8, 4) is 11.5 Å². The van der Waals surface area contributed by atoms with Crippen LogP contribution in [-0.4, -0.2) is 63.0 Å². The Morgan fingerprint density at radius 1 is 1.33 bits per heavy atom. The number of ether oxygens (including phenoxy) is 2. The number of aliphatic imine (C=N–C) groups is 1. The summed E-state index contributed by atoms with van der Waals surface area (Å²) in [6.45, 7) is -0.841. The van der Waals surface area contributed by atoms with Crippen LogP contribution in [0.3, 0.4) is 0 Å².